The largest absolute Gasteiger partial charge is 0.351 e. The first-order valence-electron chi connectivity index (χ1n) is 7.06. The third-order valence-electron chi connectivity index (χ3n) is 3.19. The Hall–Kier alpha value is -2.07. The van der Waals surface area contributed by atoms with Crippen LogP contribution >= 0.6 is 11.6 Å². The van der Waals surface area contributed by atoms with Gasteiger partial charge in [0.25, 0.3) is 0 Å². The number of aromatic nitrogens is 2. The molecule has 0 atom stereocenters. The van der Waals surface area contributed by atoms with Gasteiger partial charge in [0.05, 0.1) is 11.0 Å². The zero-order valence-electron chi connectivity index (χ0n) is 12.7. The topological polar surface area (TPSA) is 29.9 Å². The Labute approximate surface area is 133 Å². The zero-order chi connectivity index (χ0) is 15.9. The van der Waals surface area contributed by atoms with Crippen LogP contribution in [0.3, 0.4) is 0 Å². The number of hydrogen-bond acceptors (Lipinski definition) is 2. The van der Waals surface area contributed by atoms with E-state index in [1.165, 1.54) is 12.1 Å². The molecule has 5 heteroatoms. The van der Waals surface area contributed by atoms with Gasteiger partial charge in [-0.1, -0.05) is 11.6 Å². The summed E-state index contributed by atoms with van der Waals surface area (Å²) >= 11 is 5.96. The fraction of sp³-hybridized carbons (Fsp3) is 0.235. The van der Waals surface area contributed by atoms with Gasteiger partial charge in [0.2, 0.25) is 5.95 Å². The van der Waals surface area contributed by atoms with Crippen LogP contribution in [0, 0.1) is 5.82 Å². The molecule has 0 saturated carbocycles. The Kier molecular flexibility index (Phi) is 3.57. The summed E-state index contributed by atoms with van der Waals surface area (Å²) in [6, 6.07) is 12.0. The van der Waals surface area contributed by atoms with Crippen molar-refractivity contribution < 1.29 is 4.39 Å². The Morgan fingerprint density at radius 3 is 2.41 bits per heavy atom. The van der Waals surface area contributed by atoms with Gasteiger partial charge in [-0.3, -0.25) is 4.57 Å². The quantitative estimate of drug-likeness (QED) is 0.718. The average molecular weight is 318 g/mol. The molecular formula is C17H17ClFN3. The summed E-state index contributed by atoms with van der Waals surface area (Å²) in [6.45, 7) is 6.16. The van der Waals surface area contributed by atoms with E-state index < -0.39 is 0 Å². The molecule has 22 heavy (non-hydrogen) atoms. The first-order chi connectivity index (χ1) is 10.3. The van der Waals surface area contributed by atoms with Gasteiger partial charge in [-0.25, -0.2) is 9.37 Å². The fourth-order valence-electron chi connectivity index (χ4n) is 2.32. The molecule has 0 spiro atoms. The third-order valence-corrected chi connectivity index (χ3v) is 3.44. The van der Waals surface area contributed by atoms with Gasteiger partial charge in [0.1, 0.15) is 5.82 Å². The van der Waals surface area contributed by atoms with Gasteiger partial charge in [-0.2, -0.15) is 0 Å². The molecule has 1 N–H and O–H groups in total. The number of rotatable bonds is 2. The van der Waals surface area contributed by atoms with Crippen molar-refractivity contribution in [2.45, 2.75) is 26.3 Å². The maximum atomic E-state index is 13.7. The summed E-state index contributed by atoms with van der Waals surface area (Å²) in [7, 11) is 0. The molecule has 3 rings (SSSR count). The van der Waals surface area contributed by atoms with E-state index in [4.69, 9.17) is 11.6 Å². The van der Waals surface area contributed by atoms with Crippen LogP contribution in [-0.4, -0.2) is 15.1 Å². The highest BCUT2D eigenvalue weighted by Gasteiger charge is 2.18. The second-order valence-corrected chi connectivity index (χ2v) is 6.69. The van der Waals surface area contributed by atoms with Gasteiger partial charge in [-0.05, 0) is 57.2 Å². The maximum absolute atomic E-state index is 13.7. The van der Waals surface area contributed by atoms with Gasteiger partial charge in [0, 0.05) is 22.3 Å². The number of benzene rings is 2. The Morgan fingerprint density at radius 2 is 1.77 bits per heavy atom. The molecule has 3 nitrogen and oxygen atoms in total. The van der Waals surface area contributed by atoms with Crippen molar-refractivity contribution in [3.63, 3.8) is 0 Å². The minimum atomic E-state index is -0.287. The summed E-state index contributed by atoms with van der Waals surface area (Å²) in [6.07, 6.45) is 0. The van der Waals surface area contributed by atoms with Crippen molar-refractivity contribution in [2.75, 3.05) is 5.32 Å². The lowest BCUT2D eigenvalue weighted by Crippen LogP contribution is -2.28. The number of imidazole rings is 1. The maximum Gasteiger partial charge on any atom is 0.209 e. The van der Waals surface area contributed by atoms with Crippen LogP contribution in [0.5, 0.6) is 0 Å². The standard InChI is InChI=1S/C17H17ClFN3/c1-17(2,3)21-16-20-14-9-6-12(19)10-15(14)22(16)13-7-4-11(18)5-8-13/h4-10H,1-3H3,(H,20,21). The molecule has 0 unspecified atom stereocenters. The van der Waals surface area contributed by atoms with E-state index in [0.717, 1.165) is 11.2 Å². The van der Waals surface area contributed by atoms with Gasteiger partial charge in [-0.15, -0.1) is 0 Å². The molecule has 0 fully saturated rings. The van der Waals surface area contributed by atoms with Crippen LogP contribution in [0.25, 0.3) is 16.7 Å². The molecule has 0 aliphatic heterocycles. The second kappa shape index (κ2) is 5.29. The van der Waals surface area contributed by atoms with Crippen molar-refractivity contribution in [1.29, 1.82) is 0 Å². The van der Waals surface area contributed by atoms with Crippen molar-refractivity contribution in [1.82, 2.24) is 9.55 Å². The van der Waals surface area contributed by atoms with Crippen LogP contribution < -0.4 is 5.32 Å². The highest BCUT2D eigenvalue weighted by molar-refractivity contribution is 6.30. The molecule has 2 aromatic carbocycles. The van der Waals surface area contributed by atoms with Gasteiger partial charge in [0.15, 0.2) is 0 Å². The molecule has 1 aromatic heterocycles. The first-order valence-corrected chi connectivity index (χ1v) is 7.43. The Bertz CT molecular complexity index is 816. The normalized spacial score (nSPS) is 11.9. The SMILES string of the molecule is CC(C)(C)Nc1nc2ccc(F)cc2n1-c1ccc(Cl)cc1. The number of hydrogen-bond donors (Lipinski definition) is 1. The second-order valence-electron chi connectivity index (χ2n) is 6.26. The van der Waals surface area contributed by atoms with Crippen LogP contribution in [0.2, 0.25) is 5.02 Å². The number of nitrogens with zero attached hydrogens (tertiary/aromatic N) is 2. The molecule has 0 radical (unpaired) electrons. The van der Waals surface area contributed by atoms with Crippen LogP contribution in [-0.2, 0) is 0 Å². The predicted molar refractivity (Wildman–Crippen MR) is 89.4 cm³/mol. The molecule has 0 aliphatic rings. The van der Waals surface area contributed by atoms with Crippen LogP contribution in [0.4, 0.5) is 10.3 Å². The molecule has 0 bridgehead atoms. The van der Waals surface area contributed by atoms with E-state index >= 15 is 0 Å². The Balaban J connectivity index is 2.25. The highest BCUT2D eigenvalue weighted by atomic mass is 35.5. The van der Waals surface area contributed by atoms with E-state index in [0.29, 0.717) is 16.5 Å². The number of nitrogens with one attached hydrogen (secondary N) is 1. The molecule has 3 aromatic rings. The van der Waals surface area contributed by atoms with Gasteiger partial charge < -0.3 is 5.32 Å². The lowest BCUT2D eigenvalue weighted by Gasteiger charge is -2.22. The van der Waals surface area contributed by atoms with E-state index in [-0.39, 0.29) is 11.4 Å². The van der Waals surface area contributed by atoms with Crippen molar-refractivity contribution >= 4 is 28.6 Å². The molecule has 1 heterocycles. The molecule has 0 aliphatic carbocycles. The van der Waals surface area contributed by atoms with E-state index in [1.54, 1.807) is 6.07 Å². The van der Waals surface area contributed by atoms with Crippen molar-refractivity contribution in [3.05, 3.63) is 53.3 Å². The lowest BCUT2D eigenvalue weighted by molar-refractivity contribution is 0.624. The highest BCUT2D eigenvalue weighted by Crippen LogP contribution is 2.27. The third kappa shape index (κ3) is 2.92. The van der Waals surface area contributed by atoms with E-state index in [9.17, 15) is 4.39 Å². The molecule has 114 valence electrons. The zero-order valence-corrected chi connectivity index (χ0v) is 13.4. The summed E-state index contributed by atoms with van der Waals surface area (Å²) in [5.41, 5.74) is 2.17. The number of fused-ring (bicyclic) bond motifs is 1. The van der Waals surface area contributed by atoms with E-state index in [1.807, 2.05) is 28.8 Å². The minimum absolute atomic E-state index is 0.163. The lowest BCUT2D eigenvalue weighted by atomic mass is 10.1. The summed E-state index contributed by atoms with van der Waals surface area (Å²) in [4.78, 5) is 4.59. The molecule has 0 saturated heterocycles. The summed E-state index contributed by atoms with van der Waals surface area (Å²) in [5, 5.41) is 4.03. The first kappa shape index (κ1) is 14.9. The predicted octanol–water partition coefficient (Wildman–Crippen LogP) is 5.03. The van der Waals surface area contributed by atoms with Crippen LogP contribution in [0.15, 0.2) is 42.5 Å². The fourth-order valence-corrected chi connectivity index (χ4v) is 2.45. The number of halogens is 2. The summed E-state index contributed by atoms with van der Waals surface area (Å²) in [5.74, 6) is 0.389. The smallest absolute Gasteiger partial charge is 0.209 e. The average Bonchev–Trinajstić information content (AvgIpc) is 2.75. The van der Waals surface area contributed by atoms with Gasteiger partial charge >= 0.3 is 0 Å². The number of anilines is 1. The molecular weight excluding hydrogens is 301 g/mol. The summed E-state index contributed by atoms with van der Waals surface area (Å²) < 4.78 is 15.6. The van der Waals surface area contributed by atoms with Crippen molar-refractivity contribution in [3.8, 4) is 5.69 Å². The Morgan fingerprint density at radius 1 is 1.09 bits per heavy atom. The monoisotopic (exact) mass is 317 g/mol. The molecule has 0 amide bonds. The van der Waals surface area contributed by atoms with Crippen molar-refractivity contribution in [2.24, 2.45) is 0 Å². The van der Waals surface area contributed by atoms with Crippen LogP contribution in [0.1, 0.15) is 20.8 Å². The minimum Gasteiger partial charge on any atom is -0.351 e. The van der Waals surface area contributed by atoms with E-state index in [2.05, 4.69) is 31.1 Å².